The molecule has 0 unspecified atom stereocenters. The first-order valence-corrected chi connectivity index (χ1v) is 6.59. The van der Waals surface area contributed by atoms with Gasteiger partial charge in [-0.2, -0.15) is 0 Å². The molecule has 1 aromatic rings. The van der Waals surface area contributed by atoms with Gasteiger partial charge in [-0.15, -0.1) is 12.4 Å². The highest BCUT2D eigenvalue weighted by molar-refractivity contribution is 5.85. The maximum absolute atomic E-state index is 6.23. The topological polar surface area (TPSA) is 53.7 Å². The molecule has 2 N–H and O–H groups in total. The number of halogens is 1. The Hall–Kier alpha value is -1.13. The second-order valence-corrected chi connectivity index (χ2v) is 5.04. The van der Waals surface area contributed by atoms with Crippen molar-refractivity contribution in [3.63, 3.8) is 0 Å². The van der Waals surface area contributed by atoms with Crippen LogP contribution in [-0.4, -0.2) is 21.3 Å². The number of benzene rings is 1. The Bertz CT molecular complexity index is 385. The predicted octanol–water partition coefficient (Wildman–Crippen LogP) is 3.57. The smallest absolute Gasteiger partial charge is 0.203 e. The summed E-state index contributed by atoms with van der Waals surface area (Å²) in [7, 11) is 4.82. The molecular weight excluding hydrogens is 278 g/mol. The van der Waals surface area contributed by atoms with Crippen LogP contribution in [0.4, 0.5) is 0 Å². The molecular formula is C15H26ClNO3. The van der Waals surface area contributed by atoms with Crippen LogP contribution in [0.1, 0.15) is 38.3 Å². The van der Waals surface area contributed by atoms with Gasteiger partial charge in [0.25, 0.3) is 0 Å². The van der Waals surface area contributed by atoms with Crippen LogP contribution < -0.4 is 19.9 Å². The van der Waals surface area contributed by atoms with Crippen molar-refractivity contribution in [3.05, 3.63) is 17.7 Å². The second-order valence-electron chi connectivity index (χ2n) is 5.04. The molecule has 0 heterocycles. The minimum atomic E-state index is -0.0175. The number of methoxy groups -OCH3 is 3. The zero-order valence-electron chi connectivity index (χ0n) is 12.9. The summed E-state index contributed by atoms with van der Waals surface area (Å²) >= 11 is 0. The normalized spacial score (nSPS) is 11.8. The number of rotatable bonds is 7. The Morgan fingerprint density at radius 1 is 0.950 bits per heavy atom. The summed E-state index contributed by atoms with van der Waals surface area (Å²) in [6.07, 6.45) is 2.04. The summed E-state index contributed by atoms with van der Waals surface area (Å²) in [4.78, 5) is 0. The summed E-state index contributed by atoms with van der Waals surface area (Å²) in [5, 5.41) is 0. The molecule has 4 nitrogen and oxygen atoms in total. The van der Waals surface area contributed by atoms with Crippen LogP contribution in [0.5, 0.6) is 17.2 Å². The van der Waals surface area contributed by atoms with Gasteiger partial charge in [-0.3, -0.25) is 0 Å². The third-order valence-corrected chi connectivity index (χ3v) is 3.17. The average Bonchev–Trinajstić information content (AvgIpc) is 2.42. The van der Waals surface area contributed by atoms with Gasteiger partial charge in [0, 0.05) is 6.04 Å². The van der Waals surface area contributed by atoms with Crippen LogP contribution in [0, 0.1) is 5.92 Å². The number of hydrogen-bond donors (Lipinski definition) is 1. The van der Waals surface area contributed by atoms with Gasteiger partial charge in [-0.1, -0.05) is 13.8 Å². The minimum absolute atomic E-state index is 0. The van der Waals surface area contributed by atoms with Crippen LogP contribution in [0.2, 0.25) is 0 Å². The number of nitrogens with two attached hydrogens (primary N) is 1. The van der Waals surface area contributed by atoms with E-state index in [0.717, 1.165) is 18.4 Å². The van der Waals surface area contributed by atoms with Crippen molar-refractivity contribution in [1.29, 1.82) is 0 Å². The highest BCUT2D eigenvalue weighted by atomic mass is 35.5. The average molecular weight is 304 g/mol. The van der Waals surface area contributed by atoms with Crippen LogP contribution in [-0.2, 0) is 0 Å². The van der Waals surface area contributed by atoms with Crippen LogP contribution in [0.3, 0.4) is 0 Å². The van der Waals surface area contributed by atoms with Gasteiger partial charge in [0.15, 0.2) is 11.5 Å². The molecule has 1 atom stereocenters. The molecule has 0 fully saturated rings. The third kappa shape index (κ3) is 4.76. The highest BCUT2D eigenvalue weighted by Gasteiger charge is 2.16. The van der Waals surface area contributed by atoms with Gasteiger partial charge >= 0.3 is 0 Å². The number of hydrogen-bond acceptors (Lipinski definition) is 4. The van der Waals surface area contributed by atoms with E-state index in [2.05, 4.69) is 13.8 Å². The maximum atomic E-state index is 6.23. The first-order valence-electron chi connectivity index (χ1n) is 6.59. The summed E-state index contributed by atoms with van der Waals surface area (Å²) < 4.78 is 16.0. The van der Waals surface area contributed by atoms with E-state index >= 15 is 0 Å². The van der Waals surface area contributed by atoms with E-state index < -0.39 is 0 Å². The van der Waals surface area contributed by atoms with E-state index in [-0.39, 0.29) is 18.4 Å². The summed E-state index contributed by atoms with van der Waals surface area (Å²) in [5.74, 6) is 2.55. The molecule has 0 aliphatic rings. The molecule has 20 heavy (non-hydrogen) atoms. The van der Waals surface area contributed by atoms with E-state index in [9.17, 15) is 0 Å². The zero-order valence-corrected chi connectivity index (χ0v) is 13.8. The Kier molecular flexibility index (Phi) is 8.42. The molecule has 0 spiro atoms. The first-order chi connectivity index (χ1) is 9.03. The Balaban J connectivity index is 0.00000361. The molecule has 0 radical (unpaired) electrons. The summed E-state index contributed by atoms with van der Waals surface area (Å²) in [6, 6.07) is 3.83. The van der Waals surface area contributed by atoms with Crippen molar-refractivity contribution in [2.45, 2.75) is 32.7 Å². The maximum Gasteiger partial charge on any atom is 0.203 e. The van der Waals surface area contributed by atoms with E-state index in [4.69, 9.17) is 19.9 Å². The molecule has 0 bridgehead atoms. The molecule has 116 valence electrons. The lowest BCUT2D eigenvalue weighted by atomic mass is 9.98. The summed E-state index contributed by atoms with van der Waals surface area (Å²) in [6.45, 7) is 4.39. The fraction of sp³-hybridized carbons (Fsp3) is 0.600. The van der Waals surface area contributed by atoms with Gasteiger partial charge in [0.05, 0.1) is 21.3 Å². The highest BCUT2D eigenvalue weighted by Crippen LogP contribution is 2.39. The van der Waals surface area contributed by atoms with E-state index in [1.54, 1.807) is 21.3 Å². The summed E-state index contributed by atoms with van der Waals surface area (Å²) in [5.41, 5.74) is 7.24. The van der Waals surface area contributed by atoms with E-state index in [1.807, 2.05) is 12.1 Å². The fourth-order valence-corrected chi connectivity index (χ4v) is 2.00. The molecule has 1 aromatic carbocycles. The van der Waals surface area contributed by atoms with E-state index in [1.165, 1.54) is 0 Å². The van der Waals surface area contributed by atoms with Crippen LogP contribution >= 0.6 is 12.4 Å². The van der Waals surface area contributed by atoms with Crippen molar-refractivity contribution in [2.75, 3.05) is 21.3 Å². The van der Waals surface area contributed by atoms with Gasteiger partial charge in [0.1, 0.15) is 0 Å². The van der Waals surface area contributed by atoms with Crippen LogP contribution in [0.15, 0.2) is 12.1 Å². The standard InChI is InChI=1S/C15H25NO3.ClH/c1-10(2)6-7-12(16)11-8-13(17-3)15(19-5)14(9-11)18-4;/h8-10,12H,6-7,16H2,1-5H3;1H/t12-;/m0./s1. The molecule has 5 heteroatoms. The Morgan fingerprint density at radius 3 is 1.80 bits per heavy atom. The molecule has 0 amide bonds. The lowest BCUT2D eigenvalue weighted by molar-refractivity contribution is 0.323. The van der Waals surface area contributed by atoms with Crippen molar-refractivity contribution in [1.82, 2.24) is 0 Å². The fourth-order valence-electron chi connectivity index (χ4n) is 2.00. The SMILES string of the molecule is COc1cc([C@@H](N)CCC(C)C)cc(OC)c1OC.Cl. The van der Waals surface area contributed by atoms with Gasteiger partial charge in [0.2, 0.25) is 5.75 Å². The molecule has 0 aliphatic carbocycles. The second kappa shape index (κ2) is 8.93. The molecule has 0 saturated carbocycles. The lowest BCUT2D eigenvalue weighted by Crippen LogP contribution is -2.12. The largest absolute Gasteiger partial charge is 0.493 e. The Morgan fingerprint density at radius 2 is 1.45 bits per heavy atom. The monoisotopic (exact) mass is 303 g/mol. The van der Waals surface area contributed by atoms with Crippen LogP contribution in [0.25, 0.3) is 0 Å². The van der Waals surface area contributed by atoms with Gasteiger partial charge in [-0.05, 0) is 36.5 Å². The third-order valence-electron chi connectivity index (χ3n) is 3.17. The van der Waals surface area contributed by atoms with E-state index in [0.29, 0.717) is 23.2 Å². The molecule has 0 aromatic heterocycles. The predicted molar refractivity (Wildman–Crippen MR) is 84.3 cm³/mol. The Labute approximate surface area is 128 Å². The lowest BCUT2D eigenvalue weighted by Gasteiger charge is -2.18. The van der Waals surface area contributed by atoms with Gasteiger partial charge in [-0.25, -0.2) is 0 Å². The number of ether oxygens (including phenoxy) is 3. The molecule has 1 rings (SSSR count). The van der Waals surface area contributed by atoms with Gasteiger partial charge < -0.3 is 19.9 Å². The van der Waals surface area contributed by atoms with Crippen molar-refractivity contribution in [3.8, 4) is 17.2 Å². The minimum Gasteiger partial charge on any atom is -0.493 e. The van der Waals surface area contributed by atoms with Crippen molar-refractivity contribution < 1.29 is 14.2 Å². The van der Waals surface area contributed by atoms with Crippen molar-refractivity contribution in [2.24, 2.45) is 11.7 Å². The molecule has 0 saturated heterocycles. The van der Waals surface area contributed by atoms with Crippen molar-refractivity contribution >= 4 is 12.4 Å². The first kappa shape index (κ1) is 18.9. The zero-order chi connectivity index (χ0) is 14.4. The quantitative estimate of drug-likeness (QED) is 0.836. The molecule has 0 aliphatic heterocycles.